The Bertz CT molecular complexity index is 316. The first-order valence-corrected chi connectivity index (χ1v) is 7.00. The normalized spacial score (nSPS) is 18.7. The van der Waals surface area contributed by atoms with Crippen LogP contribution in [0.2, 0.25) is 0 Å². The number of aryl methyl sites for hydroxylation is 2. The van der Waals surface area contributed by atoms with Crippen molar-refractivity contribution in [1.82, 2.24) is 9.78 Å². The molecular weight excluding hydrogens is 210 g/mol. The molecule has 1 saturated carbocycles. The Kier molecular flexibility index (Phi) is 4.46. The van der Waals surface area contributed by atoms with Crippen LogP contribution >= 0.6 is 0 Å². The average molecular weight is 235 g/mol. The molecular formula is C14H25N3. The third-order valence-corrected chi connectivity index (χ3v) is 3.91. The van der Waals surface area contributed by atoms with Gasteiger partial charge in [0, 0.05) is 25.4 Å². The van der Waals surface area contributed by atoms with Crippen LogP contribution in [0.3, 0.4) is 0 Å². The van der Waals surface area contributed by atoms with E-state index < -0.39 is 0 Å². The number of anilines is 1. The molecule has 1 N–H and O–H groups in total. The molecule has 1 aromatic heterocycles. The molecule has 0 radical (unpaired) electrons. The van der Waals surface area contributed by atoms with Gasteiger partial charge in [0.25, 0.3) is 0 Å². The van der Waals surface area contributed by atoms with Crippen molar-refractivity contribution < 1.29 is 0 Å². The van der Waals surface area contributed by atoms with E-state index in [0.29, 0.717) is 0 Å². The molecule has 96 valence electrons. The molecule has 0 amide bonds. The summed E-state index contributed by atoms with van der Waals surface area (Å²) in [5, 5.41) is 7.93. The van der Waals surface area contributed by atoms with E-state index in [4.69, 9.17) is 0 Å². The molecule has 0 unspecified atom stereocenters. The van der Waals surface area contributed by atoms with E-state index in [0.717, 1.165) is 18.3 Å². The molecule has 1 fully saturated rings. The number of aromatic nitrogens is 2. The van der Waals surface area contributed by atoms with Crippen LogP contribution in [0.1, 0.15) is 50.6 Å². The Morgan fingerprint density at radius 2 is 1.88 bits per heavy atom. The van der Waals surface area contributed by atoms with Crippen LogP contribution < -0.4 is 5.32 Å². The number of nitrogens with zero attached hydrogens (tertiary/aromatic N) is 2. The van der Waals surface area contributed by atoms with Gasteiger partial charge < -0.3 is 5.32 Å². The quantitative estimate of drug-likeness (QED) is 0.869. The van der Waals surface area contributed by atoms with E-state index >= 15 is 0 Å². The standard InChI is InChI=1S/C14H25N3/c1-12-10-14(16-17(12)2)15-11-13-8-6-4-3-5-7-9-13/h10,13H,3-9,11H2,1-2H3,(H,15,16). The average Bonchev–Trinajstić information content (AvgIpc) is 2.57. The fourth-order valence-electron chi connectivity index (χ4n) is 2.64. The third kappa shape index (κ3) is 3.76. The highest BCUT2D eigenvalue weighted by Crippen LogP contribution is 2.22. The van der Waals surface area contributed by atoms with Gasteiger partial charge in [-0.05, 0) is 25.7 Å². The second-order valence-electron chi connectivity index (χ2n) is 5.39. The number of nitrogens with one attached hydrogen (secondary N) is 1. The molecule has 0 bridgehead atoms. The van der Waals surface area contributed by atoms with Gasteiger partial charge >= 0.3 is 0 Å². The predicted octanol–water partition coefficient (Wildman–Crippen LogP) is 3.50. The van der Waals surface area contributed by atoms with E-state index in [-0.39, 0.29) is 0 Å². The lowest BCUT2D eigenvalue weighted by molar-refractivity contribution is 0.392. The van der Waals surface area contributed by atoms with Crippen molar-refractivity contribution in [3.63, 3.8) is 0 Å². The maximum atomic E-state index is 4.44. The number of hydrogen-bond donors (Lipinski definition) is 1. The highest BCUT2D eigenvalue weighted by atomic mass is 15.3. The van der Waals surface area contributed by atoms with E-state index in [9.17, 15) is 0 Å². The van der Waals surface area contributed by atoms with Crippen molar-refractivity contribution in [2.75, 3.05) is 11.9 Å². The van der Waals surface area contributed by atoms with Gasteiger partial charge in [-0.1, -0.05) is 32.1 Å². The van der Waals surface area contributed by atoms with Gasteiger partial charge in [0.1, 0.15) is 5.82 Å². The summed E-state index contributed by atoms with van der Waals surface area (Å²) in [5.74, 6) is 1.88. The smallest absolute Gasteiger partial charge is 0.148 e. The lowest BCUT2D eigenvalue weighted by Crippen LogP contribution is -2.16. The van der Waals surface area contributed by atoms with Crippen molar-refractivity contribution >= 4 is 5.82 Å². The molecule has 1 aliphatic rings. The lowest BCUT2D eigenvalue weighted by atomic mass is 9.91. The Labute approximate surface area is 105 Å². The van der Waals surface area contributed by atoms with Crippen LogP contribution in [0.4, 0.5) is 5.82 Å². The van der Waals surface area contributed by atoms with Crippen molar-refractivity contribution in [2.24, 2.45) is 13.0 Å². The molecule has 0 spiro atoms. The van der Waals surface area contributed by atoms with Crippen molar-refractivity contribution in [2.45, 2.75) is 51.9 Å². The Balaban J connectivity index is 1.79. The van der Waals surface area contributed by atoms with Gasteiger partial charge in [0.15, 0.2) is 0 Å². The molecule has 17 heavy (non-hydrogen) atoms. The second kappa shape index (κ2) is 6.08. The lowest BCUT2D eigenvalue weighted by Gasteiger charge is -2.19. The summed E-state index contributed by atoms with van der Waals surface area (Å²) in [5.41, 5.74) is 1.21. The molecule has 2 rings (SSSR count). The van der Waals surface area contributed by atoms with E-state index in [1.807, 2.05) is 11.7 Å². The zero-order valence-electron chi connectivity index (χ0n) is 11.2. The fraction of sp³-hybridized carbons (Fsp3) is 0.786. The van der Waals surface area contributed by atoms with E-state index in [1.165, 1.54) is 50.6 Å². The summed E-state index contributed by atoms with van der Waals surface area (Å²) in [7, 11) is 2.00. The molecule has 1 heterocycles. The molecule has 0 aromatic carbocycles. The summed E-state index contributed by atoms with van der Waals surface area (Å²) >= 11 is 0. The van der Waals surface area contributed by atoms with Crippen LogP contribution in [0.15, 0.2) is 6.07 Å². The minimum Gasteiger partial charge on any atom is -0.368 e. The van der Waals surface area contributed by atoms with Crippen LogP contribution in [0.25, 0.3) is 0 Å². The largest absolute Gasteiger partial charge is 0.368 e. The summed E-state index contributed by atoms with van der Waals surface area (Å²) in [6.07, 6.45) is 9.90. The predicted molar refractivity (Wildman–Crippen MR) is 72.2 cm³/mol. The van der Waals surface area contributed by atoms with Crippen LogP contribution in [-0.4, -0.2) is 16.3 Å². The highest BCUT2D eigenvalue weighted by Gasteiger charge is 2.11. The van der Waals surface area contributed by atoms with Gasteiger partial charge in [-0.2, -0.15) is 5.10 Å². The first-order valence-electron chi connectivity index (χ1n) is 7.00. The maximum absolute atomic E-state index is 4.44. The number of rotatable bonds is 3. The fourth-order valence-corrected chi connectivity index (χ4v) is 2.64. The Morgan fingerprint density at radius 3 is 2.47 bits per heavy atom. The monoisotopic (exact) mass is 235 g/mol. The SMILES string of the molecule is Cc1cc(NCC2CCCCCCC2)nn1C. The van der Waals surface area contributed by atoms with Gasteiger partial charge in [-0.15, -0.1) is 0 Å². The summed E-state index contributed by atoms with van der Waals surface area (Å²) in [6.45, 7) is 3.18. The van der Waals surface area contributed by atoms with Crippen molar-refractivity contribution in [3.8, 4) is 0 Å². The molecule has 1 aliphatic carbocycles. The first-order chi connectivity index (χ1) is 8.25. The van der Waals surface area contributed by atoms with Crippen LogP contribution in [0.5, 0.6) is 0 Å². The Hall–Kier alpha value is -0.990. The molecule has 3 nitrogen and oxygen atoms in total. The first kappa shape index (κ1) is 12.5. The van der Waals surface area contributed by atoms with Gasteiger partial charge in [0.2, 0.25) is 0 Å². The summed E-state index contributed by atoms with van der Waals surface area (Å²) in [4.78, 5) is 0. The molecule has 0 atom stereocenters. The molecule has 3 heteroatoms. The van der Waals surface area contributed by atoms with Crippen molar-refractivity contribution in [1.29, 1.82) is 0 Å². The summed E-state index contributed by atoms with van der Waals surface area (Å²) < 4.78 is 1.93. The van der Waals surface area contributed by atoms with E-state index in [2.05, 4.69) is 23.4 Å². The minimum atomic E-state index is 0.845. The topological polar surface area (TPSA) is 29.9 Å². The zero-order chi connectivity index (χ0) is 12.1. The molecule has 1 aromatic rings. The highest BCUT2D eigenvalue weighted by molar-refractivity contribution is 5.35. The second-order valence-corrected chi connectivity index (χ2v) is 5.39. The van der Waals surface area contributed by atoms with Crippen LogP contribution in [0, 0.1) is 12.8 Å². The number of hydrogen-bond acceptors (Lipinski definition) is 2. The third-order valence-electron chi connectivity index (χ3n) is 3.91. The summed E-state index contributed by atoms with van der Waals surface area (Å²) in [6, 6.07) is 2.13. The minimum absolute atomic E-state index is 0.845. The molecule has 0 aliphatic heterocycles. The molecule has 0 saturated heterocycles. The van der Waals surface area contributed by atoms with Crippen LogP contribution in [-0.2, 0) is 7.05 Å². The van der Waals surface area contributed by atoms with Gasteiger partial charge in [0.05, 0.1) is 0 Å². The van der Waals surface area contributed by atoms with Gasteiger partial charge in [-0.25, -0.2) is 0 Å². The maximum Gasteiger partial charge on any atom is 0.148 e. The Morgan fingerprint density at radius 1 is 1.24 bits per heavy atom. The van der Waals surface area contributed by atoms with Crippen molar-refractivity contribution in [3.05, 3.63) is 11.8 Å². The van der Waals surface area contributed by atoms with Gasteiger partial charge in [-0.3, -0.25) is 4.68 Å². The van der Waals surface area contributed by atoms with E-state index in [1.54, 1.807) is 0 Å². The zero-order valence-corrected chi connectivity index (χ0v) is 11.2.